The topological polar surface area (TPSA) is 86.8 Å². The van der Waals surface area contributed by atoms with Crippen LogP contribution in [0.15, 0.2) is 108 Å². The van der Waals surface area contributed by atoms with E-state index in [1.54, 1.807) is 36.4 Å². The highest BCUT2D eigenvalue weighted by Gasteiger charge is 2.34. The Labute approximate surface area is 250 Å². The lowest BCUT2D eigenvalue weighted by molar-refractivity contribution is -0.139. The summed E-state index contributed by atoms with van der Waals surface area (Å²) in [4.78, 5) is 28.8. The van der Waals surface area contributed by atoms with Gasteiger partial charge in [-0.25, -0.2) is 12.8 Å². The van der Waals surface area contributed by atoms with E-state index < -0.39 is 40.2 Å². The summed E-state index contributed by atoms with van der Waals surface area (Å²) >= 11 is 6.45. The van der Waals surface area contributed by atoms with E-state index in [0.717, 1.165) is 27.6 Å². The van der Waals surface area contributed by atoms with Gasteiger partial charge in [-0.2, -0.15) is 0 Å². The molecule has 42 heavy (non-hydrogen) atoms. The molecule has 0 spiro atoms. The molecule has 0 aliphatic carbocycles. The van der Waals surface area contributed by atoms with Crippen LogP contribution in [0.5, 0.6) is 0 Å². The largest absolute Gasteiger partial charge is 0.357 e. The maximum Gasteiger partial charge on any atom is 0.264 e. The van der Waals surface area contributed by atoms with Crippen LogP contribution in [0.2, 0.25) is 5.02 Å². The van der Waals surface area contributed by atoms with Crippen molar-refractivity contribution < 1.29 is 22.4 Å². The number of hydrogen-bond acceptors (Lipinski definition) is 4. The summed E-state index contributed by atoms with van der Waals surface area (Å²) in [6.45, 7) is 1.13. The fraction of sp³-hybridized carbons (Fsp3) is 0.188. The van der Waals surface area contributed by atoms with Crippen LogP contribution in [-0.4, -0.2) is 44.8 Å². The number of halogens is 2. The van der Waals surface area contributed by atoms with Gasteiger partial charge in [-0.05, 0) is 60.5 Å². The van der Waals surface area contributed by atoms with Gasteiger partial charge in [0.2, 0.25) is 11.8 Å². The van der Waals surface area contributed by atoms with Gasteiger partial charge in [-0.1, -0.05) is 77.8 Å². The third kappa shape index (κ3) is 7.35. The molecule has 0 saturated heterocycles. The van der Waals surface area contributed by atoms with E-state index in [4.69, 9.17) is 11.6 Å². The summed E-state index contributed by atoms with van der Waals surface area (Å²) in [6.07, 6.45) is 0.179. The lowest BCUT2D eigenvalue weighted by Gasteiger charge is -2.33. The quantitative estimate of drug-likeness (QED) is 0.248. The van der Waals surface area contributed by atoms with Gasteiger partial charge in [0.15, 0.2) is 0 Å². The van der Waals surface area contributed by atoms with Crippen molar-refractivity contribution in [3.63, 3.8) is 0 Å². The molecule has 10 heteroatoms. The van der Waals surface area contributed by atoms with Crippen molar-refractivity contribution >= 4 is 39.1 Å². The number of anilines is 1. The number of sulfonamides is 1. The van der Waals surface area contributed by atoms with Crippen molar-refractivity contribution in [2.45, 2.75) is 30.8 Å². The van der Waals surface area contributed by atoms with E-state index in [9.17, 15) is 22.4 Å². The van der Waals surface area contributed by atoms with Crippen LogP contribution in [0.1, 0.15) is 16.7 Å². The fourth-order valence-corrected chi connectivity index (χ4v) is 6.11. The summed E-state index contributed by atoms with van der Waals surface area (Å²) in [7, 11) is -2.79. The molecule has 0 unspecified atom stereocenters. The molecule has 0 bridgehead atoms. The molecule has 0 aliphatic heterocycles. The number of carbonyl (C=O) groups excluding carboxylic acids is 2. The van der Waals surface area contributed by atoms with E-state index in [2.05, 4.69) is 5.32 Å². The van der Waals surface area contributed by atoms with Crippen LogP contribution in [0.25, 0.3) is 0 Å². The van der Waals surface area contributed by atoms with Gasteiger partial charge in [0.25, 0.3) is 10.0 Å². The predicted molar refractivity (Wildman–Crippen MR) is 162 cm³/mol. The molecular weight excluding hydrogens is 577 g/mol. The van der Waals surface area contributed by atoms with Gasteiger partial charge in [0, 0.05) is 25.0 Å². The molecule has 2 amide bonds. The van der Waals surface area contributed by atoms with Gasteiger partial charge in [-0.15, -0.1) is 0 Å². The Bertz CT molecular complexity index is 1630. The Hall–Kier alpha value is -4.21. The monoisotopic (exact) mass is 607 g/mol. The Morgan fingerprint density at radius 1 is 0.881 bits per heavy atom. The molecule has 1 atom stereocenters. The second-order valence-electron chi connectivity index (χ2n) is 9.73. The Kier molecular flexibility index (Phi) is 9.98. The molecule has 0 fully saturated rings. The highest BCUT2D eigenvalue weighted by atomic mass is 35.5. The Morgan fingerprint density at radius 2 is 1.50 bits per heavy atom. The number of nitrogens with zero attached hydrogens (tertiary/aromatic N) is 2. The predicted octanol–water partition coefficient (Wildman–Crippen LogP) is 5.37. The van der Waals surface area contributed by atoms with E-state index in [1.165, 1.54) is 36.2 Å². The van der Waals surface area contributed by atoms with Crippen molar-refractivity contribution in [3.05, 3.63) is 131 Å². The van der Waals surface area contributed by atoms with Crippen LogP contribution in [0.3, 0.4) is 0 Å². The van der Waals surface area contributed by atoms with Gasteiger partial charge >= 0.3 is 0 Å². The number of rotatable bonds is 11. The normalized spacial score (nSPS) is 11.9. The molecule has 7 nitrogen and oxygen atoms in total. The van der Waals surface area contributed by atoms with Crippen LogP contribution in [-0.2, 0) is 32.6 Å². The zero-order valence-corrected chi connectivity index (χ0v) is 24.8. The fourth-order valence-electron chi connectivity index (χ4n) is 4.50. The molecule has 0 aliphatic rings. The van der Waals surface area contributed by atoms with Gasteiger partial charge in [0.1, 0.15) is 18.4 Å². The van der Waals surface area contributed by atoms with Crippen molar-refractivity contribution in [2.24, 2.45) is 0 Å². The lowest BCUT2D eigenvalue weighted by Crippen LogP contribution is -2.53. The van der Waals surface area contributed by atoms with Crippen LogP contribution in [0, 0.1) is 12.7 Å². The number of nitrogens with one attached hydrogen (secondary N) is 1. The van der Waals surface area contributed by atoms with Gasteiger partial charge in [0.05, 0.1) is 10.6 Å². The average Bonchev–Trinajstić information content (AvgIpc) is 2.99. The highest BCUT2D eigenvalue weighted by Crippen LogP contribution is 2.26. The number of carbonyl (C=O) groups is 2. The number of likely N-dealkylation sites (N-methyl/N-ethyl adjacent to an activating group) is 1. The molecule has 218 valence electrons. The number of amides is 2. The van der Waals surface area contributed by atoms with Crippen molar-refractivity contribution in [1.29, 1.82) is 0 Å². The third-order valence-electron chi connectivity index (χ3n) is 6.82. The summed E-state index contributed by atoms with van der Waals surface area (Å²) in [5, 5.41) is 3.03. The SMILES string of the molecule is CNC(=O)[C@@H](Cc1ccccc1)N(Cc1ccccc1Cl)C(=O)CN(c1ccc(F)cc1)S(=O)(=O)c1ccc(C)cc1. The minimum absolute atomic E-state index is 0.0324. The minimum Gasteiger partial charge on any atom is -0.357 e. The van der Waals surface area contributed by atoms with E-state index in [0.29, 0.717) is 10.6 Å². The molecule has 0 aromatic heterocycles. The second-order valence-corrected chi connectivity index (χ2v) is 12.0. The van der Waals surface area contributed by atoms with Crippen molar-refractivity contribution in [3.8, 4) is 0 Å². The zero-order valence-electron chi connectivity index (χ0n) is 23.2. The standard InChI is InChI=1S/C32H31ClFN3O4S/c1-23-12-18-28(19-13-23)42(40,41)37(27-16-14-26(34)15-17-27)22-31(38)36(21-25-10-6-7-11-29(25)33)30(32(39)35-2)20-24-8-4-3-5-9-24/h3-19,30H,20-22H2,1-2H3,(H,35,39)/t30-/m1/s1. The summed E-state index contributed by atoms with van der Waals surface area (Å²) in [6, 6.07) is 26.2. The second kappa shape index (κ2) is 13.6. The van der Waals surface area contributed by atoms with Crippen LogP contribution >= 0.6 is 11.6 Å². The Balaban J connectivity index is 1.79. The molecule has 4 aromatic rings. The first kappa shape index (κ1) is 30.7. The number of hydrogen-bond donors (Lipinski definition) is 1. The van der Waals surface area contributed by atoms with Crippen LogP contribution < -0.4 is 9.62 Å². The summed E-state index contributed by atoms with van der Waals surface area (Å²) in [5.41, 5.74) is 2.36. The van der Waals surface area contributed by atoms with Gasteiger partial charge < -0.3 is 10.2 Å². The first-order valence-electron chi connectivity index (χ1n) is 13.2. The molecular formula is C32H31ClFN3O4S. The zero-order chi connectivity index (χ0) is 30.3. The lowest BCUT2D eigenvalue weighted by atomic mass is 10.0. The van der Waals surface area contributed by atoms with Gasteiger partial charge in [-0.3, -0.25) is 13.9 Å². The molecule has 4 rings (SSSR count). The molecule has 1 N–H and O–H groups in total. The van der Waals surface area contributed by atoms with E-state index in [-0.39, 0.29) is 23.5 Å². The summed E-state index contributed by atoms with van der Waals surface area (Å²) in [5.74, 6) is -1.62. The minimum atomic E-state index is -4.27. The molecule has 0 heterocycles. The average molecular weight is 608 g/mol. The molecule has 0 saturated carbocycles. The van der Waals surface area contributed by atoms with E-state index >= 15 is 0 Å². The van der Waals surface area contributed by atoms with Crippen molar-refractivity contribution in [1.82, 2.24) is 10.2 Å². The smallest absolute Gasteiger partial charge is 0.264 e. The molecule has 0 radical (unpaired) electrons. The first-order valence-corrected chi connectivity index (χ1v) is 15.1. The maximum atomic E-state index is 14.2. The number of aryl methyl sites for hydroxylation is 1. The third-order valence-corrected chi connectivity index (χ3v) is 8.98. The summed E-state index contributed by atoms with van der Waals surface area (Å²) < 4.78 is 42.6. The number of benzene rings is 4. The van der Waals surface area contributed by atoms with E-state index in [1.807, 2.05) is 37.3 Å². The maximum absolute atomic E-state index is 14.2. The van der Waals surface area contributed by atoms with Crippen LogP contribution in [0.4, 0.5) is 10.1 Å². The van der Waals surface area contributed by atoms with Crippen molar-refractivity contribution in [2.75, 3.05) is 17.9 Å². The molecule has 4 aromatic carbocycles. The Morgan fingerprint density at radius 3 is 2.12 bits per heavy atom. The highest BCUT2D eigenvalue weighted by molar-refractivity contribution is 7.92. The first-order chi connectivity index (χ1) is 20.1.